The lowest BCUT2D eigenvalue weighted by Gasteiger charge is -2.09. The van der Waals surface area contributed by atoms with Gasteiger partial charge in [-0.15, -0.1) is 0 Å². The van der Waals surface area contributed by atoms with E-state index in [1.807, 2.05) is 36.4 Å². The molecule has 0 unspecified atom stereocenters. The van der Waals surface area contributed by atoms with Gasteiger partial charge in [-0.25, -0.2) is 5.43 Å². The van der Waals surface area contributed by atoms with Crippen molar-refractivity contribution in [2.45, 2.75) is 0 Å². The van der Waals surface area contributed by atoms with Gasteiger partial charge in [-0.2, -0.15) is 10.2 Å². The van der Waals surface area contributed by atoms with E-state index in [4.69, 9.17) is 9.47 Å². The summed E-state index contributed by atoms with van der Waals surface area (Å²) < 4.78 is 11.5. The standard InChI is InChI=1S/C19H17IN4O3/c1-26-16-8-7-12(9-17(16)27-2)18-13(10-21-23-18)11-22-24-19(25)14-5-3-4-6-15(14)20/h3-11H,1-2H3,(H,21,23)(H,24,25)/b22-11+. The number of hydrazone groups is 1. The Hall–Kier alpha value is -2.88. The fourth-order valence-corrected chi connectivity index (χ4v) is 3.11. The van der Waals surface area contributed by atoms with Crippen molar-refractivity contribution in [3.8, 4) is 22.8 Å². The minimum absolute atomic E-state index is 0.271. The lowest BCUT2D eigenvalue weighted by atomic mass is 10.1. The Kier molecular flexibility index (Phi) is 6.07. The number of H-pyrrole nitrogens is 1. The fourth-order valence-electron chi connectivity index (χ4n) is 2.48. The summed E-state index contributed by atoms with van der Waals surface area (Å²) in [6.45, 7) is 0. The molecule has 0 saturated carbocycles. The van der Waals surface area contributed by atoms with Gasteiger partial charge in [0.1, 0.15) is 0 Å². The largest absolute Gasteiger partial charge is 0.493 e. The Morgan fingerprint density at radius 2 is 1.96 bits per heavy atom. The number of methoxy groups -OCH3 is 2. The summed E-state index contributed by atoms with van der Waals surface area (Å²) in [6.07, 6.45) is 3.18. The van der Waals surface area contributed by atoms with E-state index in [0.717, 1.165) is 20.4 Å². The van der Waals surface area contributed by atoms with Crippen molar-refractivity contribution in [2.24, 2.45) is 5.10 Å². The number of amides is 1. The van der Waals surface area contributed by atoms with E-state index in [2.05, 4.69) is 43.3 Å². The molecule has 7 nitrogen and oxygen atoms in total. The molecule has 138 valence electrons. The number of hydrogen-bond donors (Lipinski definition) is 2. The molecule has 0 saturated heterocycles. The fraction of sp³-hybridized carbons (Fsp3) is 0.105. The molecule has 0 bridgehead atoms. The highest BCUT2D eigenvalue weighted by Crippen LogP contribution is 2.32. The van der Waals surface area contributed by atoms with Gasteiger partial charge in [-0.3, -0.25) is 9.89 Å². The van der Waals surface area contributed by atoms with Gasteiger partial charge in [-0.1, -0.05) is 12.1 Å². The van der Waals surface area contributed by atoms with Crippen LogP contribution in [0.5, 0.6) is 11.5 Å². The summed E-state index contributed by atoms with van der Waals surface area (Å²) in [6, 6.07) is 12.8. The number of benzene rings is 2. The van der Waals surface area contributed by atoms with E-state index in [9.17, 15) is 4.79 Å². The van der Waals surface area contributed by atoms with E-state index in [-0.39, 0.29) is 5.91 Å². The molecule has 0 fully saturated rings. The first kappa shape index (κ1) is 18.9. The van der Waals surface area contributed by atoms with Gasteiger partial charge in [0.25, 0.3) is 5.91 Å². The van der Waals surface area contributed by atoms with Crippen LogP contribution < -0.4 is 14.9 Å². The van der Waals surface area contributed by atoms with Crippen molar-refractivity contribution in [2.75, 3.05) is 14.2 Å². The Balaban J connectivity index is 1.78. The van der Waals surface area contributed by atoms with Gasteiger partial charge in [0, 0.05) is 14.7 Å². The van der Waals surface area contributed by atoms with Crippen molar-refractivity contribution in [3.05, 3.63) is 63.4 Å². The van der Waals surface area contributed by atoms with Crippen LogP contribution in [-0.2, 0) is 0 Å². The third kappa shape index (κ3) is 4.27. The van der Waals surface area contributed by atoms with Crippen molar-refractivity contribution in [1.82, 2.24) is 15.6 Å². The maximum Gasteiger partial charge on any atom is 0.272 e. The molecule has 1 heterocycles. The summed E-state index contributed by atoms with van der Waals surface area (Å²) in [7, 11) is 3.17. The molecule has 2 N–H and O–H groups in total. The van der Waals surface area contributed by atoms with Crippen molar-refractivity contribution < 1.29 is 14.3 Å². The van der Waals surface area contributed by atoms with Gasteiger partial charge in [0.2, 0.25) is 0 Å². The zero-order valence-electron chi connectivity index (χ0n) is 14.7. The SMILES string of the molecule is COc1ccc(-c2[nH]ncc2/C=N/NC(=O)c2ccccc2I)cc1OC. The maximum atomic E-state index is 12.2. The highest BCUT2D eigenvalue weighted by atomic mass is 127. The summed E-state index contributed by atoms with van der Waals surface area (Å²) >= 11 is 2.11. The molecule has 27 heavy (non-hydrogen) atoms. The molecular weight excluding hydrogens is 459 g/mol. The van der Waals surface area contributed by atoms with E-state index >= 15 is 0 Å². The number of nitrogens with one attached hydrogen (secondary N) is 2. The molecule has 0 spiro atoms. The van der Waals surface area contributed by atoms with Gasteiger partial charge >= 0.3 is 0 Å². The Morgan fingerprint density at radius 1 is 1.19 bits per heavy atom. The smallest absolute Gasteiger partial charge is 0.272 e. The minimum atomic E-state index is -0.271. The third-order valence-corrected chi connectivity index (χ3v) is 4.77. The number of aromatic nitrogens is 2. The van der Waals surface area contributed by atoms with Gasteiger partial charge in [0.05, 0.1) is 37.9 Å². The van der Waals surface area contributed by atoms with E-state index < -0.39 is 0 Å². The molecule has 1 aromatic heterocycles. The summed E-state index contributed by atoms with van der Waals surface area (Å²) in [5.74, 6) is 0.979. The Bertz CT molecular complexity index is 985. The van der Waals surface area contributed by atoms with Crippen LogP contribution in [0.15, 0.2) is 53.8 Å². The van der Waals surface area contributed by atoms with E-state index in [0.29, 0.717) is 17.1 Å². The molecule has 3 rings (SSSR count). The number of aromatic amines is 1. The zero-order valence-corrected chi connectivity index (χ0v) is 16.9. The summed E-state index contributed by atoms with van der Waals surface area (Å²) in [5.41, 5.74) is 5.45. The first-order valence-corrected chi connectivity index (χ1v) is 9.05. The van der Waals surface area contributed by atoms with Crippen LogP contribution in [0.1, 0.15) is 15.9 Å². The minimum Gasteiger partial charge on any atom is -0.493 e. The number of ether oxygens (including phenoxy) is 2. The lowest BCUT2D eigenvalue weighted by molar-refractivity contribution is 0.0954. The van der Waals surface area contributed by atoms with Crippen LogP contribution in [0.2, 0.25) is 0 Å². The number of carbonyl (C=O) groups excluding carboxylic acids is 1. The van der Waals surface area contributed by atoms with Crippen LogP contribution >= 0.6 is 22.6 Å². The van der Waals surface area contributed by atoms with Gasteiger partial charge in [-0.05, 0) is 52.9 Å². The highest BCUT2D eigenvalue weighted by molar-refractivity contribution is 14.1. The third-order valence-electron chi connectivity index (χ3n) is 3.83. The van der Waals surface area contributed by atoms with Gasteiger partial charge in [0.15, 0.2) is 11.5 Å². The van der Waals surface area contributed by atoms with Crippen molar-refractivity contribution in [1.29, 1.82) is 0 Å². The molecule has 8 heteroatoms. The van der Waals surface area contributed by atoms with Gasteiger partial charge < -0.3 is 9.47 Å². The molecule has 0 aliphatic rings. The molecule has 0 radical (unpaired) electrons. The average Bonchev–Trinajstić information content (AvgIpc) is 3.16. The molecule has 0 aliphatic carbocycles. The maximum absolute atomic E-state index is 12.2. The second-order valence-electron chi connectivity index (χ2n) is 5.45. The van der Waals surface area contributed by atoms with Crippen LogP contribution in [0, 0.1) is 3.57 Å². The number of nitrogens with zero attached hydrogens (tertiary/aromatic N) is 2. The quantitative estimate of drug-likeness (QED) is 0.324. The van der Waals surface area contributed by atoms with E-state index in [1.165, 1.54) is 0 Å². The monoisotopic (exact) mass is 476 g/mol. The first-order chi connectivity index (χ1) is 13.1. The molecule has 2 aromatic carbocycles. The van der Waals surface area contributed by atoms with Crippen LogP contribution in [0.4, 0.5) is 0 Å². The summed E-state index contributed by atoms with van der Waals surface area (Å²) in [4.78, 5) is 12.2. The second-order valence-corrected chi connectivity index (χ2v) is 6.61. The van der Waals surface area contributed by atoms with Crippen molar-refractivity contribution >= 4 is 34.7 Å². The second kappa shape index (κ2) is 8.67. The molecule has 1 amide bonds. The molecule has 0 atom stereocenters. The zero-order chi connectivity index (χ0) is 19.2. The predicted octanol–water partition coefficient (Wildman–Crippen LogP) is 3.46. The first-order valence-electron chi connectivity index (χ1n) is 7.97. The lowest BCUT2D eigenvalue weighted by Crippen LogP contribution is -2.18. The molecule has 0 aliphatic heterocycles. The number of rotatable bonds is 6. The van der Waals surface area contributed by atoms with Crippen molar-refractivity contribution in [3.63, 3.8) is 0 Å². The highest BCUT2D eigenvalue weighted by Gasteiger charge is 2.11. The normalized spacial score (nSPS) is 10.8. The number of halogens is 1. The summed E-state index contributed by atoms with van der Waals surface area (Å²) in [5, 5.41) is 11.1. The Morgan fingerprint density at radius 3 is 2.70 bits per heavy atom. The van der Waals surface area contributed by atoms with Crippen LogP contribution in [0.25, 0.3) is 11.3 Å². The van der Waals surface area contributed by atoms with E-state index in [1.54, 1.807) is 32.7 Å². The topological polar surface area (TPSA) is 88.6 Å². The van der Waals surface area contributed by atoms with Crippen LogP contribution in [0.3, 0.4) is 0 Å². The number of hydrogen-bond acceptors (Lipinski definition) is 5. The number of carbonyl (C=O) groups is 1. The van der Waals surface area contributed by atoms with Crippen LogP contribution in [-0.4, -0.2) is 36.5 Å². The predicted molar refractivity (Wildman–Crippen MR) is 111 cm³/mol. The Labute approximate surface area is 169 Å². The molecular formula is C19H17IN4O3. The average molecular weight is 476 g/mol. The molecule has 3 aromatic rings.